The van der Waals surface area contributed by atoms with Crippen LogP contribution in [0.4, 0.5) is 0 Å². The fourth-order valence-corrected chi connectivity index (χ4v) is 9.48. The molecule has 0 aromatic heterocycles. The molecule has 0 aromatic rings. The highest BCUT2D eigenvalue weighted by molar-refractivity contribution is 5.76. The molecule has 0 aliphatic rings. The first-order valence-electron chi connectivity index (χ1n) is 31.4. The quantitative estimate of drug-likeness (QED) is 0.0321. The minimum atomic E-state index is -0.851. The van der Waals surface area contributed by atoms with E-state index in [0.717, 1.165) is 64.2 Å². The van der Waals surface area contributed by atoms with Crippen LogP contribution in [0.3, 0.4) is 0 Å². The summed E-state index contributed by atoms with van der Waals surface area (Å²) < 4.78 is 5.49. The standard InChI is InChI=1S/C65H121NO5/c1-3-5-7-9-11-13-15-17-18-19-28-31-35-39-43-47-51-55-59-65(70)71-60-56-52-48-44-40-36-32-29-26-24-22-20-21-23-25-27-30-34-38-42-46-50-54-58-64(69)66-62(61-67)63(68)57-53-49-45-41-37-33-16-14-12-10-8-6-4-2/h18-20,22-23,25,53,57,62-63,67-68H,3-17,21,24,26-52,54-56,58-61H2,1-2H3,(H,66,69)/b19-18-,22-20-,25-23-,57-53+. The van der Waals surface area contributed by atoms with E-state index in [1.54, 1.807) is 6.08 Å². The van der Waals surface area contributed by atoms with Crippen LogP contribution in [0.25, 0.3) is 0 Å². The molecule has 0 saturated heterocycles. The molecule has 0 rings (SSSR count). The zero-order chi connectivity index (χ0) is 51.4. The molecular weight excluding hydrogens is 875 g/mol. The lowest BCUT2D eigenvalue weighted by Crippen LogP contribution is -2.45. The molecule has 0 heterocycles. The topological polar surface area (TPSA) is 95.9 Å². The zero-order valence-electron chi connectivity index (χ0n) is 47.5. The van der Waals surface area contributed by atoms with Gasteiger partial charge in [0.25, 0.3) is 0 Å². The van der Waals surface area contributed by atoms with Crippen molar-refractivity contribution in [2.24, 2.45) is 0 Å². The van der Waals surface area contributed by atoms with Gasteiger partial charge in [-0.05, 0) is 89.9 Å². The molecule has 416 valence electrons. The van der Waals surface area contributed by atoms with Gasteiger partial charge in [-0.2, -0.15) is 0 Å². The number of aliphatic hydroxyl groups is 2. The second-order valence-electron chi connectivity index (χ2n) is 21.4. The van der Waals surface area contributed by atoms with Crippen molar-refractivity contribution in [2.45, 2.75) is 341 Å². The maximum absolute atomic E-state index is 12.4. The lowest BCUT2D eigenvalue weighted by atomic mass is 10.0. The Bertz CT molecular complexity index is 1190. The van der Waals surface area contributed by atoms with E-state index in [2.05, 4.69) is 55.6 Å². The number of hydrogen-bond donors (Lipinski definition) is 3. The zero-order valence-corrected chi connectivity index (χ0v) is 47.5. The average molecular weight is 997 g/mol. The van der Waals surface area contributed by atoms with E-state index in [1.807, 2.05) is 6.08 Å². The van der Waals surface area contributed by atoms with Crippen molar-refractivity contribution in [3.8, 4) is 0 Å². The van der Waals surface area contributed by atoms with Crippen LogP contribution in [0.5, 0.6) is 0 Å². The van der Waals surface area contributed by atoms with Crippen LogP contribution in [0.15, 0.2) is 48.6 Å². The summed E-state index contributed by atoms with van der Waals surface area (Å²) in [5.74, 6) is -0.0755. The highest BCUT2D eigenvalue weighted by Gasteiger charge is 2.18. The van der Waals surface area contributed by atoms with Crippen molar-refractivity contribution in [3.63, 3.8) is 0 Å². The van der Waals surface area contributed by atoms with Gasteiger partial charge < -0.3 is 20.3 Å². The number of carbonyl (C=O) groups excluding carboxylic acids is 2. The number of allylic oxidation sites excluding steroid dienone is 7. The third-order valence-corrected chi connectivity index (χ3v) is 14.3. The molecule has 6 heteroatoms. The number of aliphatic hydroxyl groups excluding tert-OH is 2. The molecule has 0 bridgehead atoms. The number of rotatable bonds is 58. The van der Waals surface area contributed by atoms with Gasteiger partial charge in [-0.15, -0.1) is 0 Å². The van der Waals surface area contributed by atoms with Crippen molar-refractivity contribution in [3.05, 3.63) is 48.6 Å². The first-order chi connectivity index (χ1) is 35.0. The maximum atomic E-state index is 12.4. The Balaban J connectivity index is 3.45. The molecule has 0 aromatic carbocycles. The summed E-state index contributed by atoms with van der Waals surface area (Å²) in [6.45, 7) is 4.89. The van der Waals surface area contributed by atoms with E-state index in [0.29, 0.717) is 19.4 Å². The van der Waals surface area contributed by atoms with Crippen LogP contribution >= 0.6 is 0 Å². The largest absolute Gasteiger partial charge is 0.466 e. The Labute approximate surface area is 442 Å². The Kier molecular flexibility index (Phi) is 58.5. The monoisotopic (exact) mass is 996 g/mol. The number of hydrogen-bond acceptors (Lipinski definition) is 5. The van der Waals surface area contributed by atoms with E-state index in [-0.39, 0.29) is 18.5 Å². The normalized spacial score (nSPS) is 12.9. The molecule has 3 N–H and O–H groups in total. The van der Waals surface area contributed by atoms with E-state index in [1.165, 1.54) is 238 Å². The summed E-state index contributed by atoms with van der Waals surface area (Å²) in [7, 11) is 0. The Morgan fingerprint density at radius 3 is 1.08 bits per heavy atom. The molecule has 0 aliphatic heterocycles. The second kappa shape index (κ2) is 60.4. The van der Waals surface area contributed by atoms with Crippen molar-refractivity contribution in [1.82, 2.24) is 5.32 Å². The van der Waals surface area contributed by atoms with Crippen LogP contribution in [0.2, 0.25) is 0 Å². The molecule has 0 spiro atoms. The number of carbonyl (C=O) groups is 2. The van der Waals surface area contributed by atoms with Crippen molar-refractivity contribution >= 4 is 11.9 Å². The molecule has 6 nitrogen and oxygen atoms in total. The predicted octanol–water partition coefficient (Wildman–Crippen LogP) is 19.7. The molecule has 1 amide bonds. The molecule has 71 heavy (non-hydrogen) atoms. The first kappa shape index (κ1) is 68.8. The summed E-state index contributed by atoms with van der Waals surface area (Å²) in [5.41, 5.74) is 0. The highest BCUT2D eigenvalue weighted by Crippen LogP contribution is 2.16. The van der Waals surface area contributed by atoms with Crippen molar-refractivity contribution < 1.29 is 24.5 Å². The van der Waals surface area contributed by atoms with E-state index < -0.39 is 12.1 Å². The number of ether oxygens (including phenoxy) is 1. The summed E-state index contributed by atoms with van der Waals surface area (Å²) in [5, 5.41) is 23.1. The van der Waals surface area contributed by atoms with Gasteiger partial charge in [-0.1, -0.05) is 274 Å². The van der Waals surface area contributed by atoms with Gasteiger partial charge in [0, 0.05) is 12.8 Å². The van der Waals surface area contributed by atoms with Crippen LogP contribution in [-0.2, 0) is 14.3 Å². The van der Waals surface area contributed by atoms with Gasteiger partial charge in [-0.3, -0.25) is 9.59 Å². The fraction of sp³-hybridized carbons (Fsp3) is 0.846. The molecule has 0 fully saturated rings. The first-order valence-corrected chi connectivity index (χ1v) is 31.4. The molecule has 2 atom stereocenters. The van der Waals surface area contributed by atoms with Gasteiger partial charge in [0.05, 0.1) is 25.4 Å². The van der Waals surface area contributed by atoms with Gasteiger partial charge >= 0.3 is 5.97 Å². The second-order valence-corrected chi connectivity index (χ2v) is 21.4. The Morgan fingerprint density at radius 2 is 0.704 bits per heavy atom. The lowest BCUT2D eigenvalue weighted by molar-refractivity contribution is -0.143. The minimum Gasteiger partial charge on any atom is -0.466 e. The summed E-state index contributed by atoms with van der Waals surface area (Å²) >= 11 is 0. The number of nitrogens with one attached hydrogen (secondary N) is 1. The van der Waals surface area contributed by atoms with Crippen molar-refractivity contribution in [1.29, 1.82) is 0 Å². The van der Waals surface area contributed by atoms with Crippen LogP contribution in [0.1, 0.15) is 328 Å². The van der Waals surface area contributed by atoms with Crippen molar-refractivity contribution in [2.75, 3.05) is 13.2 Å². The van der Waals surface area contributed by atoms with Gasteiger partial charge in [0.2, 0.25) is 5.91 Å². The highest BCUT2D eigenvalue weighted by atomic mass is 16.5. The van der Waals surface area contributed by atoms with Gasteiger partial charge in [-0.25, -0.2) is 0 Å². The predicted molar refractivity (Wildman–Crippen MR) is 310 cm³/mol. The van der Waals surface area contributed by atoms with E-state index >= 15 is 0 Å². The molecular formula is C65H121NO5. The summed E-state index contributed by atoms with van der Waals surface area (Å²) in [6, 6.07) is -0.636. The minimum absolute atomic E-state index is 0.00333. The summed E-state index contributed by atoms with van der Waals surface area (Å²) in [4.78, 5) is 24.5. The Morgan fingerprint density at radius 1 is 0.394 bits per heavy atom. The SMILES string of the molecule is CCCCCCCCC/C=C\CCCCCCCCCC(=O)OCCCCCCCCCCC/C=C\C/C=C\CCCCCCCCCC(=O)NC(CO)C(O)/C=C/CCCCCCCCCCCCC. The number of esters is 1. The number of unbranched alkanes of at least 4 members (excludes halogenated alkanes) is 41. The lowest BCUT2D eigenvalue weighted by Gasteiger charge is -2.20. The van der Waals surface area contributed by atoms with Crippen LogP contribution in [0, 0.1) is 0 Å². The fourth-order valence-electron chi connectivity index (χ4n) is 9.48. The maximum Gasteiger partial charge on any atom is 0.305 e. The molecule has 0 radical (unpaired) electrons. The van der Waals surface area contributed by atoms with Crippen LogP contribution in [-0.4, -0.2) is 47.4 Å². The average Bonchev–Trinajstić information content (AvgIpc) is 3.37. The van der Waals surface area contributed by atoms with Crippen LogP contribution < -0.4 is 5.32 Å². The Hall–Kier alpha value is -2.18. The molecule has 0 aliphatic carbocycles. The molecule has 2 unspecified atom stereocenters. The van der Waals surface area contributed by atoms with Gasteiger partial charge in [0.1, 0.15) is 0 Å². The summed E-state index contributed by atoms with van der Waals surface area (Å²) in [6.07, 6.45) is 77.2. The number of amides is 1. The third kappa shape index (κ3) is 57.0. The van der Waals surface area contributed by atoms with Gasteiger partial charge in [0.15, 0.2) is 0 Å². The third-order valence-electron chi connectivity index (χ3n) is 14.3. The smallest absolute Gasteiger partial charge is 0.305 e. The molecule has 0 saturated carbocycles. The van der Waals surface area contributed by atoms with E-state index in [9.17, 15) is 19.8 Å². The van der Waals surface area contributed by atoms with E-state index in [4.69, 9.17) is 4.74 Å².